The average molecular weight is 204 g/mol. The maximum Gasteiger partial charge on any atom is 0.126 e. The van der Waals surface area contributed by atoms with Crippen LogP contribution < -0.4 is 0 Å². The van der Waals surface area contributed by atoms with Gasteiger partial charge in [-0.1, -0.05) is 0 Å². The third-order valence-electron chi connectivity index (χ3n) is 2.28. The lowest BCUT2D eigenvalue weighted by Gasteiger charge is -1.93. The molecule has 0 aliphatic carbocycles. The van der Waals surface area contributed by atoms with E-state index in [9.17, 15) is 0 Å². The Kier molecular flexibility index (Phi) is 1.41. The summed E-state index contributed by atoms with van der Waals surface area (Å²) in [6.07, 6.45) is 0. The highest BCUT2D eigenvalue weighted by molar-refractivity contribution is 7.00. The highest BCUT2D eigenvalue weighted by Crippen LogP contribution is 2.24. The zero-order chi connectivity index (χ0) is 9.71. The Morgan fingerprint density at radius 2 is 2.07 bits per heavy atom. The zero-order valence-electron chi connectivity index (χ0n) is 7.83. The summed E-state index contributed by atoms with van der Waals surface area (Å²) in [6.45, 7) is 3.94. The van der Waals surface area contributed by atoms with Crippen LogP contribution in [0.4, 0.5) is 0 Å². The molecule has 0 spiro atoms. The highest BCUT2D eigenvalue weighted by atomic mass is 32.1. The number of hydrogen-bond donors (Lipinski definition) is 1. The van der Waals surface area contributed by atoms with Gasteiger partial charge in [-0.3, -0.25) is 4.37 Å². The summed E-state index contributed by atoms with van der Waals surface area (Å²) in [5.74, 6) is 0.812. The lowest BCUT2D eigenvalue weighted by Crippen LogP contribution is -1.79. The molecular formula is C9H8N4S. The van der Waals surface area contributed by atoms with E-state index in [0.29, 0.717) is 0 Å². The lowest BCUT2D eigenvalue weighted by molar-refractivity contribution is 1.17. The first-order chi connectivity index (χ1) is 6.75. The van der Waals surface area contributed by atoms with Crippen LogP contribution in [0.1, 0.15) is 11.4 Å². The number of aromatic amines is 1. The van der Waals surface area contributed by atoms with Gasteiger partial charge in [-0.25, -0.2) is 9.97 Å². The van der Waals surface area contributed by atoms with Crippen LogP contribution in [0.5, 0.6) is 0 Å². The molecule has 0 bridgehead atoms. The van der Waals surface area contributed by atoms with Crippen molar-refractivity contribution in [2.24, 2.45) is 0 Å². The number of hydrogen-bond acceptors (Lipinski definition) is 4. The number of rotatable bonds is 0. The van der Waals surface area contributed by atoms with E-state index in [0.717, 1.165) is 33.5 Å². The maximum atomic E-state index is 4.38. The number of nitrogens with zero attached hydrogens (tertiary/aromatic N) is 3. The van der Waals surface area contributed by atoms with Crippen LogP contribution in [0.2, 0.25) is 0 Å². The fourth-order valence-electron chi connectivity index (χ4n) is 1.67. The molecule has 0 unspecified atom stereocenters. The summed E-state index contributed by atoms with van der Waals surface area (Å²) in [4.78, 5) is 8.73. The Morgan fingerprint density at radius 1 is 1.21 bits per heavy atom. The average Bonchev–Trinajstić information content (AvgIpc) is 2.69. The smallest absolute Gasteiger partial charge is 0.126 e. The predicted molar refractivity (Wildman–Crippen MR) is 56.5 cm³/mol. The van der Waals surface area contributed by atoms with Gasteiger partial charge >= 0.3 is 0 Å². The minimum atomic E-state index is 0.812. The van der Waals surface area contributed by atoms with E-state index >= 15 is 0 Å². The Morgan fingerprint density at radius 3 is 2.93 bits per heavy atom. The highest BCUT2D eigenvalue weighted by Gasteiger charge is 2.10. The van der Waals surface area contributed by atoms with Gasteiger partial charge in [0.05, 0.1) is 5.52 Å². The molecule has 1 N–H and O–H groups in total. The molecule has 4 nitrogen and oxygen atoms in total. The van der Waals surface area contributed by atoms with Gasteiger partial charge in [0.1, 0.15) is 22.4 Å². The number of H-pyrrole nitrogens is 1. The molecule has 0 amide bonds. The van der Waals surface area contributed by atoms with Crippen molar-refractivity contribution in [3.05, 3.63) is 17.5 Å². The van der Waals surface area contributed by atoms with E-state index in [4.69, 9.17) is 0 Å². The quantitative estimate of drug-likeness (QED) is 0.610. The van der Waals surface area contributed by atoms with E-state index in [1.54, 1.807) is 0 Å². The fraction of sp³-hybridized carbons (Fsp3) is 0.222. The topological polar surface area (TPSA) is 54.5 Å². The molecule has 0 fully saturated rings. The first kappa shape index (κ1) is 7.87. The summed E-state index contributed by atoms with van der Waals surface area (Å²) in [5, 5.41) is 0. The zero-order valence-corrected chi connectivity index (χ0v) is 8.64. The van der Waals surface area contributed by atoms with E-state index in [1.165, 1.54) is 11.7 Å². The lowest BCUT2D eigenvalue weighted by atomic mass is 10.2. The summed E-state index contributed by atoms with van der Waals surface area (Å²) in [7, 11) is 0. The van der Waals surface area contributed by atoms with Crippen LogP contribution in [0, 0.1) is 13.8 Å². The number of imidazole rings is 1. The summed E-state index contributed by atoms with van der Waals surface area (Å²) in [6, 6.07) is 2.03. The van der Waals surface area contributed by atoms with E-state index in [-0.39, 0.29) is 0 Å². The first-order valence-electron chi connectivity index (χ1n) is 4.33. The Labute approximate surface area is 84.3 Å². The Balaban J connectivity index is 2.64. The van der Waals surface area contributed by atoms with Crippen LogP contribution in [0.25, 0.3) is 22.1 Å². The third-order valence-corrected chi connectivity index (χ3v) is 2.85. The number of aromatic nitrogens is 4. The molecule has 3 rings (SSSR count). The molecule has 0 aliphatic heterocycles. The van der Waals surface area contributed by atoms with E-state index < -0.39 is 0 Å². The van der Waals surface area contributed by atoms with Gasteiger partial charge in [0.15, 0.2) is 0 Å². The molecule has 3 aromatic rings. The molecule has 14 heavy (non-hydrogen) atoms. The SMILES string of the molecule is Cc1nc2cc(C)c3ns[nH]c3c2n1. The molecule has 2 aromatic heterocycles. The summed E-state index contributed by atoms with van der Waals surface area (Å²) < 4.78 is 7.44. The second-order valence-electron chi connectivity index (χ2n) is 3.34. The molecule has 0 aliphatic rings. The molecule has 2 heterocycles. The molecule has 5 heteroatoms. The second kappa shape index (κ2) is 2.51. The summed E-state index contributed by atoms with van der Waals surface area (Å²) in [5.41, 5.74) is 5.03. The number of benzene rings is 1. The molecule has 1 aromatic carbocycles. The Hall–Kier alpha value is -1.49. The van der Waals surface area contributed by atoms with Crippen LogP contribution in [0.3, 0.4) is 0 Å². The fourth-order valence-corrected chi connectivity index (χ4v) is 2.32. The van der Waals surface area contributed by atoms with Crippen molar-refractivity contribution in [1.82, 2.24) is 18.7 Å². The van der Waals surface area contributed by atoms with Crippen LogP contribution in [0.15, 0.2) is 6.07 Å². The molecule has 0 saturated heterocycles. The van der Waals surface area contributed by atoms with Crippen LogP contribution in [-0.4, -0.2) is 18.7 Å². The maximum absolute atomic E-state index is 4.38. The largest absolute Gasteiger partial charge is 0.291 e. The predicted octanol–water partition coefficient (Wildman–Crippen LogP) is 2.18. The van der Waals surface area contributed by atoms with Gasteiger partial charge in [-0.2, -0.15) is 4.37 Å². The van der Waals surface area contributed by atoms with E-state index in [1.807, 2.05) is 19.9 Å². The number of aryl methyl sites for hydroxylation is 2. The standard InChI is InChI=1S/C9H8N4S/c1-4-3-6-8(11-5(2)10-6)9-7(4)12-14-13-9/h3,13H,1-2H3. The monoisotopic (exact) mass is 204 g/mol. The minimum Gasteiger partial charge on any atom is -0.291 e. The minimum absolute atomic E-state index is 0.812. The number of fused-ring (bicyclic) bond motifs is 3. The van der Waals surface area contributed by atoms with Crippen molar-refractivity contribution in [3.63, 3.8) is 0 Å². The molecule has 70 valence electrons. The van der Waals surface area contributed by atoms with Crippen molar-refractivity contribution >= 4 is 33.8 Å². The van der Waals surface area contributed by atoms with Gasteiger partial charge in [-0.15, -0.1) is 0 Å². The Bertz CT molecular complexity index is 622. The normalized spacial score (nSPS) is 11.6. The van der Waals surface area contributed by atoms with Gasteiger partial charge in [0.2, 0.25) is 0 Å². The third kappa shape index (κ3) is 0.899. The van der Waals surface area contributed by atoms with Crippen molar-refractivity contribution in [2.75, 3.05) is 0 Å². The van der Waals surface area contributed by atoms with Gasteiger partial charge in [0, 0.05) is 11.7 Å². The first-order valence-corrected chi connectivity index (χ1v) is 5.11. The second-order valence-corrected chi connectivity index (χ2v) is 3.91. The van der Waals surface area contributed by atoms with Gasteiger partial charge < -0.3 is 0 Å². The van der Waals surface area contributed by atoms with Gasteiger partial charge in [-0.05, 0) is 25.5 Å². The molecule has 0 radical (unpaired) electrons. The van der Waals surface area contributed by atoms with Crippen molar-refractivity contribution in [1.29, 1.82) is 0 Å². The van der Waals surface area contributed by atoms with Crippen LogP contribution >= 0.6 is 11.7 Å². The molecule has 0 saturated carbocycles. The van der Waals surface area contributed by atoms with Crippen LogP contribution in [-0.2, 0) is 0 Å². The number of nitrogens with one attached hydrogen (secondary N) is 1. The van der Waals surface area contributed by atoms with Crippen molar-refractivity contribution in [3.8, 4) is 0 Å². The van der Waals surface area contributed by atoms with Crippen molar-refractivity contribution in [2.45, 2.75) is 13.8 Å². The summed E-state index contributed by atoms with van der Waals surface area (Å²) >= 11 is 1.35. The molecule has 0 atom stereocenters. The van der Waals surface area contributed by atoms with E-state index in [2.05, 4.69) is 18.7 Å². The van der Waals surface area contributed by atoms with Crippen molar-refractivity contribution < 1.29 is 0 Å². The molecular weight excluding hydrogens is 196 g/mol. The van der Waals surface area contributed by atoms with Gasteiger partial charge in [0.25, 0.3) is 0 Å².